The van der Waals surface area contributed by atoms with Crippen LogP contribution in [-0.2, 0) is 9.59 Å². The Bertz CT molecular complexity index is 266. The van der Waals surface area contributed by atoms with E-state index in [4.69, 9.17) is 5.11 Å². The van der Waals surface area contributed by atoms with Crippen molar-refractivity contribution in [3.8, 4) is 11.8 Å². The number of alkyl halides is 1. The van der Waals surface area contributed by atoms with E-state index in [0.29, 0.717) is 0 Å². The van der Waals surface area contributed by atoms with Crippen LogP contribution in [0.4, 0.5) is 4.39 Å². The molecule has 0 rings (SSSR count). The predicted molar refractivity (Wildman–Crippen MR) is 43.6 cm³/mol. The number of carbonyl (C=O) groups excluding carboxylic acids is 1. The minimum Gasteiger partial charge on any atom is -0.480 e. The Hall–Kier alpha value is -1.57. The highest BCUT2D eigenvalue weighted by Gasteiger charge is 2.27. The number of hydrogen-bond acceptors (Lipinski definition) is 2. The highest BCUT2D eigenvalue weighted by Crippen LogP contribution is 1.98. The lowest BCUT2D eigenvalue weighted by atomic mass is 10.2. The Morgan fingerprint density at radius 2 is 2.08 bits per heavy atom. The van der Waals surface area contributed by atoms with E-state index >= 15 is 0 Å². The van der Waals surface area contributed by atoms with Gasteiger partial charge in [-0.25, -0.2) is 9.18 Å². The fraction of sp³-hybridized carbons (Fsp3) is 0.500. The lowest BCUT2D eigenvalue weighted by molar-refractivity contribution is -0.142. The van der Waals surface area contributed by atoms with Crippen LogP contribution in [0.25, 0.3) is 0 Å². The first kappa shape index (κ1) is 11.4. The molecule has 4 nitrogen and oxygen atoms in total. The van der Waals surface area contributed by atoms with Crippen LogP contribution in [0.5, 0.6) is 0 Å². The van der Waals surface area contributed by atoms with Crippen molar-refractivity contribution >= 4 is 11.9 Å². The van der Waals surface area contributed by atoms with E-state index in [1.165, 1.54) is 6.92 Å². The van der Waals surface area contributed by atoms with Crippen LogP contribution < -0.4 is 5.32 Å². The average molecular weight is 187 g/mol. The van der Waals surface area contributed by atoms with Gasteiger partial charge in [0, 0.05) is 6.92 Å². The van der Waals surface area contributed by atoms with E-state index in [0.717, 1.165) is 6.92 Å². The van der Waals surface area contributed by atoms with Crippen molar-refractivity contribution in [3.05, 3.63) is 0 Å². The first-order valence-electron chi connectivity index (χ1n) is 3.55. The summed E-state index contributed by atoms with van der Waals surface area (Å²) in [5.74, 6) is 2.21. The number of carboxylic acid groups (broad SMARTS) is 1. The van der Waals surface area contributed by atoms with Gasteiger partial charge in [-0.2, -0.15) is 0 Å². The second-order valence-corrected chi connectivity index (χ2v) is 2.31. The minimum absolute atomic E-state index is 0.604. The predicted octanol–water partition coefficient (Wildman–Crippen LogP) is -0.0629. The summed E-state index contributed by atoms with van der Waals surface area (Å²) in [4.78, 5) is 20.9. The van der Waals surface area contributed by atoms with Crippen molar-refractivity contribution < 1.29 is 19.1 Å². The molecule has 5 heteroatoms. The molecule has 72 valence electrons. The van der Waals surface area contributed by atoms with Gasteiger partial charge in [0.15, 0.2) is 12.2 Å². The molecule has 0 aliphatic heterocycles. The van der Waals surface area contributed by atoms with Gasteiger partial charge in [0.05, 0.1) is 0 Å². The molecule has 0 spiro atoms. The zero-order chi connectivity index (χ0) is 10.4. The molecule has 1 amide bonds. The smallest absolute Gasteiger partial charge is 0.330 e. The van der Waals surface area contributed by atoms with Crippen molar-refractivity contribution in [2.24, 2.45) is 0 Å². The van der Waals surface area contributed by atoms with Crippen LogP contribution in [0.2, 0.25) is 0 Å². The maximum atomic E-state index is 12.9. The molecule has 0 bridgehead atoms. The quantitative estimate of drug-likeness (QED) is 0.608. The van der Waals surface area contributed by atoms with Gasteiger partial charge in [0.25, 0.3) is 0 Å². The molecule has 2 atom stereocenters. The SMILES string of the molecule is CC#C[C@@H](F)[C@H](NC(C)=O)C(=O)O. The summed E-state index contributed by atoms with van der Waals surface area (Å²) >= 11 is 0. The van der Waals surface area contributed by atoms with E-state index < -0.39 is 24.1 Å². The molecule has 0 unspecified atom stereocenters. The van der Waals surface area contributed by atoms with Gasteiger partial charge in [-0.1, -0.05) is 5.92 Å². The highest BCUT2D eigenvalue weighted by molar-refractivity contribution is 5.83. The molecule has 0 aromatic carbocycles. The Labute approximate surface area is 75.1 Å². The van der Waals surface area contributed by atoms with Crippen molar-refractivity contribution in [1.29, 1.82) is 0 Å². The largest absolute Gasteiger partial charge is 0.480 e. The number of rotatable bonds is 3. The molecule has 0 heterocycles. The van der Waals surface area contributed by atoms with Gasteiger partial charge >= 0.3 is 5.97 Å². The summed E-state index contributed by atoms with van der Waals surface area (Å²) in [6.07, 6.45) is -1.88. The van der Waals surface area contributed by atoms with Crippen molar-refractivity contribution in [1.82, 2.24) is 5.32 Å². The number of nitrogens with one attached hydrogen (secondary N) is 1. The number of carbonyl (C=O) groups is 2. The first-order chi connectivity index (χ1) is 5.99. The van der Waals surface area contributed by atoms with Gasteiger partial charge in [-0.15, -0.1) is 5.92 Å². The molecule has 2 N–H and O–H groups in total. The zero-order valence-electron chi connectivity index (χ0n) is 7.30. The van der Waals surface area contributed by atoms with Gasteiger partial charge in [-0.3, -0.25) is 4.79 Å². The van der Waals surface area contributed by atoms with Gasteiger partial charge < -0.3 is 10.4 Å². The Morgan fingerprint density at radius 1 is 1.54 bits per heavy atom. The topological polar surface area (TPSA) is 66.4 Å². The maximum absolute atomic E-state index is 12.9. The second kappa shape index (κ2) is 5.14. The summed E-state index contributed by atoms with van der Waals surface area (Å²) in [7, 11) is 0. The molecule has 0 saturated carbocycles. The molecule has 0 aromatic rings. The van der Waals surface area contributed by atoms with Crippen LogP contribution in [0, 0.1) is 11.8 Å². The van der Waals surface area contributed by atoms with E-state index in [1.54, 1.807) is 0 Å². The highest BCUT2D eigenvalue weighted by atomic mass is 19.1. The Kier molecular flexibility index (Phi) is 4.52. The lowest BCUT2D eigenvalue weighted by Crippen LogP contribution is -2.45. The van der Waals surface area contributed by atoms with Crippen molar-refractivity contribution in [2.75, 3.05) is 0 Å². The summed E-state index contributed by atoms with van der Waals surface area (Å²) in [5, 5.41) is 10.4. The van der Waals surface area contributed by atoms with Crippen LogP contribution in [-0.4, -0.2) is 29.2 Å². The molecular weight excluding hydrogens is 177 g/mol. The number of hydrogen-bond donors (Lipinski definition) is 2. The van der Waals surface area contributed by atoms with E-state index in [1.807, 2.05) is 11.2 Å². The molecule has 0 radical (unpaired) electrons. The van der Waals surface area contributed by atoms with E-state index in [2.05, 4.69) is 5.92 Å². The number of aliphatic carboxylic acids is 1. The molecule has 0 aliphatic carbocycles. The summed E-state index contributed by atoms with van der Waals surface area (Å²) in [5.41, 5.74) is 0. The third-order valence-corrected chi connectivity index (χ3v) is 1.20. The Balaban J connectivity index is 4.47. The number of amides is 1. The van der Waals surface area contributed by atoms with Gasteiger partial charge in [0.2, 0.25) is 5.91 Å². The van der Waals surface area contributed by atoms with Crippen LogP contribution in [0.1, 0.15) is 13.8 Å². The molecular formula is C8H10FNO3. The third kappa shape index (κ3) is 4.11. The summed E-state index contributed by atoms with van der Waals surface area (Å²) in [6, 6.07) is -1.59. The summed E-state index contributed by atoms with van der Waals surface area (Å²) in [6.45, 7) is 2.50. The fourth-order valence-corrected chi connectivity index (χ4v) is 0.700. The minimum atomic E-state index is -1.88. The second-order valence-electron chi connectivity index (χ2n) is 2.31. The van der Waals surface area contributed by atoms with Crippen LogP contribution in [0.3, 0.4) is 0 Å². The number of halogens is 1. The number of carboxylic acids is 1. The molecule has 13 heavy (non-hydrogen) atoms. The zero-order valence-corrected chi connectivity index (χ0v) is 7.30. The average Bonchev–Trinajstić information content (AvgIpc) is 1.99. The molecule has 0 aromatic heterocycles. The van der Waals surface area contributed by atoms with Crippen molar-refractivity contribution in [3.63, 3.8) is 0 Å². The standard InChI is InChI=1S/C8H10FNO3/c1-3-4-6(9)7(8(12)13)10-5(2)11/h6-7H,1-2H3,(H,10,11)(H,12,13)/t6-,7+/m1/s1. The molecule has 0 aliphatic rings. The van der Waals surface area contributed by atoms with E-state index in [9.17, 15) is 14.0 Å². The molecule has 0 saturated heterocycles. The first-order valence-corrected chi connectivity index (χ1v) is 3.55. The van der Waals surface area contributed by atoms with E-state index in [-0.39, 0.29) is 0 Å². The normalized spacial score (nSPS) is 13.5. The van der Waals surface area contributed by atoms with Crippen LogP contribution in [0.15, 0.2) is 0 Å². The monoisotopic (exact) mass is 187 g/mol. The Morgan fingerprint density at radius 3 is 2.38 bits per heavy atom. The van der Waals surface area contributed by atoms with Crippen molar-refractivity contribution in [2.45, 2.75) is 26.1 Å². The third-order valence-electron chi connectivity index (χ3n) is 1.20. The fourth-order valence-electron chi connectivity index (χ4n) is 0.700. The van der Waals surface area contributed by atoms with Gasteiger partial charge in [-0.05, 0) is 6.92 Å². The van der Waals surface area contributed by atoms with Gasteiger partial charge in [0.1, 0.15) is 0 Å². The lowest BCUT2D eigenvalue weighted by Gasteiger charge is -2.12. The maximum Gasteiger partial charge on any atom is 0.330 e. The molecule has 0 fully saturated rings. The summed E-state index contributed by atoms with van der Waals surface area (Å²) < 4.78 is 12.9. The van der Waals surface area contributed by atoms with Crippen LogP contribution >= 0.6 is 0 Å².